The Labute approximate surface area is 129 Å². The van der Waals surface area contributed by atoms with Crippen molar-refractivity contribution in [3.8, 4) is 0 Å². The van der Waals surface area contributed by atoms with Crippen molar-refractivity contribution >= 4 is 34.1 Å². The summed E-state index contributed by atoms with van der Waals surface area (Å²) in [4.78, 5) is 16.6. The molecular weight excluding hydrogens is 314 g/mol. The molecule has 0 fully saturated rings. The molecule has 3 aromatic rings. The smallest absolute Gasteiger partial charge is 0.261 e. The maximum Gasteiger partial charge on any atom is 0.261 e. The van der Waals surface area contributed by atoms with E-state index >= 15 is 0 Å². The summed E-state index contributed by atoms with van der Waals surface area (Å²) < 4.78 is 14.3. The number of benzene rings is 2. The van der Waals surface area contributed by atoms with Gasteiger partial charge in [-0.2, -0.15) is 0 Å². The molecule has 0 N–H and O–H groups in total. The number of fused-ring (bicyclic) bond motifs is 1. The van der Waals surface area contributed by atoms with Crippen LogP contribution in [0.25, 0.3) is 10.9 Å². The summed E-state index contributed by atoms with van der Waals surface area (Å²) in [5, 5.41) is 1.08. The van der Waals surface area contributed by atoms with Gasteiger partial charge in [0, 0.05) is 5.02 Å². The van der Waals surface area contributed by atoms with Gasteiger partial charge in [-0.3, -0.25) is 9.36 Å². The quantitative estimate of drug-likeness (QED) is 0.717. The zero-order valence-electron chi connectivity index (χ0n) is 10.7. The van der Waals surface area contributed by atoms with Crippen molar-refractivity contribution in [3.05, 3.63) is 74.5 Å². The van der Waals surface area contributed by atoms with Crippen molar-refractivity contribution in [1.82, 2.24) is 9.55 Å². The van der Waals surface area contributed by atoms with Crippen LogP contribution in [0.4, 0.5) is 4.39 Å². The first kappa shape index (κ1) is 14.0. The number of hydrogen-bond acceptors (Lipinski definition) is 2. The summed E-state index contributed by atoms with van der Waals surface area (Å²) in [5.41, 5.74) is 0.975. The van der Waals surface area contributed by atoms with Gasteiger partial charge in [0.25, 0.3) is 5.56 Å². The highest BCUT2D eigenvalue weighted by Gasteiger charge is 2.09. The van der Waals surface area contributed by atoms with Crippen LogP contribution in [-0.2, 0) is 6.54 Å². The number of hydrogen-bond donors (Lipinski definition) is 0. The Morgan fingerprint density at radius 3 is 2.57 bits per heavy atom. The lowest BCUT2D eigenvalue weighted by atomic mass is 10.2. The minimum atomic E-state index is -0.318. The van der Waals surface area contributed by atoms with Crippen molar-refractivity contribution in [2.75, 3.05) is 0 Å². The monoisotopic (exact) mass is 322 g/mol. The highest BCUT2D eigenvalue weighted by atomic mass is 35.5. The molecule has 0 unspecified atom stereocenters. The third kappa shape index (κ3) is 2.77. The van der Waals surface area contributed by atoms with Gasteiger partial charge in [0.05, 0.1) is 28.8 Å². The SMILES string of the molecule is O=c1c2cc(Cl)cc(Cl)c2ncn1Cc1ccc(F)cc1. The summed E-state index contributed by atoms with van der Waals surface area (Å²) >= 11 is 12.0. The van der Waals surface area contributed by atoms with Crippen LogP contribution in [0.2, 0.25) is 10.0 Å². The van der Waals surface area contributed by atoms with Crippen molar-refractivity contribution in [3.63, 3.8) is 0 Å². The van der Waals surface area contributed by atoms with E-state index in [0.717, 1.165) is 5.56 Å². The molecule has 106 valence electrons. The zero-order chi connectivity index (χ0) is 15.0. The molecule has 0 spiro atoms. The Morgan fingerprint density at radius 1 is 1.14 bits per heavy atom. The van der Waals surface area contributed by atoms with E-state index in [1.54, 1.807) is 24.3 Å². The molecule has 2 aromatic carbocycles. The fraction of sp³-hybridized carbons (Fsp3) is 0.0667. The lowest BCUT2D eigenvalue weighted by Crippen LogP contribution is -2.21. The normalized spacial score (nSPS) is 11.0. The van der Waals surface area contributed by atoms with Gasteiger partial charge >= 0.3 is 0 Å². The second kappa shape index (κ2) is 5.47. The number of halogens is 3. The molecule has 0 saturated carbocycles. The fourth-order valence-electron chi connectivity index (χ4n) is 2.09. The minimum absolute atomic E-state index is 0.242. The van der Waals surface area contributed by atoms with Gasteiger partial charge in [-0.25, -0.2) is 9.37 Å². The van der Waals surface area contributed by atoms with E-state index in [4.69, 9.17) is 23.2 Å². The van der Waals surface area contributed by atoms with Gasteiger partial charge in [-0.1, -0.05) is 35.3 Å². The van der Waals surface area contributed by atoms with Gasteiger partial charge < -0.3 is 0 Å². The Kier molecular flexibility index (Phi) is 3.66. The number of rotatable bonds is 2. The Bertz CT molecular complexity index is 875. The summed E-state index contributed by atoms with van der Waals surface area (Å²) in [6.07, 6.45) is 1.42. The van der Waals surface area contributed by atoms with E-state index in [1.807, 2.05) is 0 Å². The van der Waals surface area contributed by atoms with Crippen molar-refractivity contribution < 1.29 is 4.39 Å². The van der Waals surface area contributed by atoms with Crippen LogP contribution in [0.5, 0.6) is 0 Å². The first-order valence-electron chi connectivity index (χ1n) is 6.13. The first-order valence-corrected chi connectivity index (χ1v) is 6.89. The highest BCUT2D eigenvalue weighted by Crippen LogP contribution is 2.24. The average molecular weight is 323 g/mol. The van der Waals surface area contributed by atoms with E-state index in [9.17, 15) is 9.18 Å². The standard InChI is InChI=1S/C15H9Cl2FN2O/c16-10-5-12-14(13(17)6-10)19-8-20(15(12)21)7-9-1-3-11(18)4-2-9/h1-6,8H,7H2. The topological polar surface area (TPSA) is 34.9 Å². The van der Waals surface area contributed by atoms with Crippen molar-refractivity contribution in [1.29, 1.82) is 0 Å². The molecule has 1 aromatic heterocycles. The number of aromatic nitrogens is 2. The summed E-state index contributed by atoms with van der Waals surface area (Å²) in [7, 11) is 0. The maximum absolute atomic E-state index is 12.9. The fourth-order valence-corrected chi connectivity index (χ4v) is 2.64. The molecule has 0 atom stereocenters. The molecule has 3 nitrogen and oxygen atoms in total. The molecule has 0 aliphatic rings. The average Bonchev–Trinajstić information content (AvgIpc) is 2.45. The second-order valence-corrected chi connectivity index (χ2v) is 5.43. The van der Waals surface area contributed by atoms with Crippen molar-refractivity contribution in [2.24, 2.45) is 0 Å². The van der Waals surface area contributed by atoms with Gasteiger partial charge in [0.15, 0.2) is 0 Å². The van der Waals surface area contributed by atoms with Crippen LogP contribution in [-0.4, -0.2) is 9.55 Å². The van der Waals surface area contributed by atoms with Crippen LogP contribution >= 0.6 is 23.2 Å². The van der Waals surface area contributed by atoms with E-state index in [0.29, 0.717) is 27.5 Å². The Hall–Kier alpha value is -1.91. The summed E-state index contributed by atoms with van der Waals surface area (Å²) in [5.74, 6) is -0.318. The molecule has 0 aliphatic heterocycles. The lowest BCUT2D eigenvalue weighted by molar-refractivity contribution is 0.626. The van der Waals surface area contributed by atoms with E-state index in [2.05, 4.69) is 4.98 Å². The van der Waals surface area contributed by atoms with Crippen LogP contribution in [0.3, 0.4) is 0 Å². The van der Waals surface area contributed by atoms with Gasteiger partial charge in [0.2, 0.25) is 0 Å². The molecule has 0 saturated heterocycles. The molecule has 0 aliphatic carbocycles. The first-order chi connectivity index (χ1) is 10.0. The number of nitrogens with zero attached hydrogens (tertiary/aromatic N) is 2. The molecular formula is C15H9Cl2FN2O. The molecule has 6 heteroatoms. The van der Waals surface area contributed by atoms with Gasteiger partial charge in [-0.05, 0) is 29.8 Å². The van der Waals surface area contributed by atoms with Crippen molar-refractivity contribution in [2.45, 2.75) is 6.54 Å². The van der Waals surface area contributed by atoms with Crippen LogP contribution < -0.4 is 5.56 Å². The van der Waals surface area contributed by atoms with E-state index < -0.39 is 0 Å². The minimum Gasteiger partial charge on any atom is -0.294 e. The molecule has 21 heavy (non-hydrogen) atoms. The van der Waals surface area contributed by atoms with Crippen LogP contribution in [0.15, 0.2) is 47.5 Å². The zero-order valence-corrected chi connectivity index (χ0v) is 12.2. The maximum atomic E-state index is 12.9. The molecule has 0 bridgehead atoms. The Morgan fingerprint density at radius 2 is 1.86 bits per heavy atom. The summed E-state index contributed by atoms with van der Waals surface area (Å²) in [6.45, 7) is 0.298. The predicted molar refractivity (Wildman–Crippen MR) is 81.5 cm³/mol. The molecule has 0 radical (unpaired) electrons. The lowest BCUT2D eigenvalue weighted by Gasteiger charge is -2.08. The van der Waals surface area contributed by atoms with Crippen LogP contribution in [0.1, 0.15) is 5.56 Å². The third-order valence-corrected chi connectivity index (χ3v) is 3.62. The molecule has 1 heterocycles. The van der Waals surface area contributed by atoms with E-state index in [-0.39, 0.29) is 11.4 Å². The largest absolute Gasteiger partial charge is 0.294 e. The molecule has 3 rings (SSSR count). The predicted octanol–water partition coefficient (Wildman–Crippen LogP) is 3.89. The van der Waals surface area contributed by atoms with Gasteiger partial charge in [0.1, 0.15) is 5.82 Å². The van der Waals surface area contributed by atoms with E-state index in [1.165, 1.54) is 23.0 Å². The van der Waals surface area contributed by atoms with Crippen LogP contribution in [0, 0.1) is 5.82 Å². The summed E-state index contributed by atoms with van der Waals surface area (Å²) in [6, 6.07) is 9.03. The highest BCUT2D eigenvalue weighted by molar-refractivity contribution is 6.38. The molecule has 0 amide bonds. The Balaban J connectivity index is 2.10. The second-order valence-electron chi connectivity index (χ2n) is 4.59. The van der Waals surface area contributed by atoms with Gasteiger partial charge in [-0.15, -0.1) is 0 Å². The third-order valence-electron chi connectivity index (χ3n) is 3.11.